The molecule has 1 aliphatic heterocycles. The van der Waals surface area contributed by atoms with Crippen LogP contribution in [0.25, 0.3) is 0 Å². The fourth-order valence-electron chi connectivity index (χ4n) is 2.62. The van der Waals surface area contributed by atoms with Crippen molar-refractivity contribution in [1.29, 1.82) is 0 Å². The summed E-state index contributed by atoms with van der Waals surface area (Å²) in [6.07, 6.45) is 4.91. The molecule has 0 aliphatic carbocycles. The van der Waals surface area contributed by atoms with Gasteiger partial charge in [0.1, 0.15) is 12.3 Å². The van der Waals surface area contributed by atoms with E-state index in [2.05, 4.69) is 20.3 Å². The summed E-state index contributed by atoms with van der Waals surface area (Å²) in [7, 11) is 0. The Morgan fingerprint density at radius 2 is 2.04 bits per heavy atom. The van der Waals surface area contributed by atoms with E-state index >= 15 is 0 Å². The summed E-state index contributed by atoms with van der Waals surface area (Å²) in [5.41, 5.74) is 8.57. The van der Waals surface area contributed by atoms with Gasteiger partial charge in [0.25, 0.3) is 11.9 Å². The van der Waals surface area contributed by atoms with E-state index in [-0.39, 0.29) is 23.9 Å². The van der Waals surface area contributed by atoms with E-state index in [1.807, 2.05) is 38.1 Å². The van der Waals surface area contributed by atoms with Gasteiger partial charge in [-0.3, -0.25) is 9.78 Å². The Bertz CT molecular complexity index is 785. The highest BCUT2D eigenvalue weighted by molar-refractivity contribution is 6.02. The zero-order valence-electron chi connectivity index (χ0n) is 15.0. The number of hydrogen-bond donors (Lipinski definition) is 2. The van der Waals surface area contributed by atoms with Crippen molar-refractivity contribution in [2.75, 3.05) is 11.9 Å². The molecule has 3 rings (SSSR count). The molecular weight excluding hydrogens is 330 g/mol. The first-order valence-corrected chi connectivity index (χ1v) is 8.69. The number of carbonyl (C=O) groups excluding carboxylic acids is 1. The predicted octanol–water partition coefficient (Wildman–Crippen LogP) is 2.50. The van der Waals surface area contributed by atoms with Crippen molar-refractivity contribution in [3.05, 3.63) is 53.6 Å². The highest BCUT2D eigenvalue weighted by Gasteiger charge is 2.16. The Hall–Kier alpha value is -2.96. The van der Waals surface area contributed by atoms with Crippen LogP contribution in [0.1, 0.15) is 47.9 Å². The van der Waals surface area contributed by atoms with E-state index in [1.165, 1.54) is 11.8 Å². The fraction of sp³-hybridized carbons (Fsp3) is 0.368. The molecule has 1 aromatic carbocycles. The summed E-state index contributed by atoms with van der Waals surface area (Å²) >= 11 is 0. The summed E-state index contributed by atoms with van der Waals surface area (Å²) in [5, 5.41) is 2.84. The number of ether oxygens (including phenoxy) is 1. The van der Waals surface area contributed by atoms with Crippen molar-refractivity contribution in [3.63, 3.8) is 0 Å². The third-order valence-corrected chi connectivity index (χ3v) is 4.21. The number of amides is 1. The van der Waals surface area contributed by atoms with Gasteiger partial charge in [-0.2, -0.15) is 0 Å². The molecule has 0 spiro atoms. The number of aryl methyl sites for hydroxylation is 1. The van der Waals surface area contributed by atoms with Crippen LogP contribution < -0.4 is 11.1 Å². The van der Waals surface area contributed by atoms with E-state index in [9.17, 15) is 4.79 Å². The van der Waals surface area contributed by atoms with E-state index in [1.54, 1.807) is 6.20 Å². The SMILES string of the molecule is CC(C)c1cnc(C(=O)Nc2ccc(CCC3COC(N)=N3)cc2)cn1. The second-order valence-electron chi connectivity index (χ2n) is 6.60. The molecule has 0 saturated heterocycles. The van der Waals surface area contributed by atoms with Gasteiger partial charge >= 0.3 is 0 Å². The van der Waals surface area contributed by atoms with Crippen LogP contribution in [0, 0.1) is 0 Å². The highest BCUT2D eigenvalue weighted by atomic mass is 16.5. The molecule has 26 heavy (non-hydrogen) atoms. The highest BCUT2D eigenvalue weighted by Crippen LogP contribution is 2.15. The third kappa shape index (κ3) is 4.56. The minimum Gasteiger partial charge on any atom is -0.463 e. The van der Waals surface area contributed by atoms with Gasteiger partial charge in [-0.25, -0.2) is 9.98 Å². The first-order valence-electron chi connectivity index (χ1n) is 8.69. The number of benzene rings is 1. The molecule has 1 amide bonds. The fourth-order valence-corrected chi connectivity index (χ4v) is 2.62. The van der Waals surface area contributed by atoms with Crippen LogP contribution in [0.4, 0.5) is 5.69 Å². The molecule has 3 N–H and O–H groups in total. The number of nitrogens with two attached hydrogens (primary N) is 1. The first-order chi connectivity index (χ1) is 12.5. The van der Waals surface area contributed by atoms with Crippen molar-refractivity contribution in [2.45, 2.75) is 38.6 Å². The van der Waals surface area contributed by atoms with Crippen molar-refractivity contribution in [2.24, 2.45) is 10.7 Å². The molecular formula is C19H23N5O2. The maximum atomic E-state index is 12.3. The van der Waals surface area contributed by atoms with Gasteiger partial charge in [0.15, 0.2) is 0 Å². The number of nitrogens with one attached hydrogen (secondary N) is 1. The van der Waals surface area contributed by atoms with Crippen molar-refractivity contribution in [3.8, 4) is 0 Å². The quantitative estimate of drug-likeness (QED) is 0.830. The van der Waals surface area contributed by atoms with Gasteiger partial charge < -0.3 is 15.8 Å². The topological polar surface area (TPSA) is 102 Å². The molecule has 136 valence electrons. The molecule has 1 aromatic heterocycles. The van der Waals surface area contributed by atoms with Crippen LogP contribution in [0.3, 0.4) is 0 Å². The van der Waals surface area contributed by atoms with E-state index < -0.39 is 0 Å². The summed E-state index contributed by atoms with van der Waals surface area (Å²) in [5.74, 6) is 0.0126. The molecule has 0 bridgehead atoms. The van der Waals surface area contributed by atoms with Crippen LogP contribution in [-0.4, -0.2) is 34.5 Å². The second kappa shape index (κ2) is 7.95. The van der Waals surface area contributed by atoms with Crippen LogP contribution >= 0.6 is 0 Å². The van der Waals surface area contributed by atoms with Gasteiger partial charge in [-0.1, -0.05) is 26.0 Å². The number of rotatable bonds is 6. The molecule has 1 atom stereocenters. The lowest BCUT2D eigenvalue weighted by molar-refractivity contribution is 0.102. The second-order valence-corrected chi connectivity index (χ2v) is 6.60. The van der Waals surface area contributed by atoms with Crippen molar-refractivity contribution >= 4 is 17.6 Å². The normalized spacial score (nSPS) is 16.3. The van der Waals surface area contributed by atoms with E-state index in [0.29, 0.717) is 12.3 Å². The van der Waals surface area contributed by atoms with Crippen LogP contribution in [0.5, 0.6) is 0 Å². The summed E-state index contributed by atoms with van der Waals surface area (Å²) < 4.78 is 5.15. The Labute approximate surface area is 152 Å². The van der Waals surface area contributed by atoms with Crippen LogP contribution in [-0.2, 0) is 11.2 Å². The molecule has 0 fully saturated rings. The maximum Gasteiger partial charge on any atom is 0.282 e. The molecule has 7 heteroatoms. The zero-order chi connectivity index (χ0) is 18.5. The predicted molar refractivity (Wildman–Crippen MR) is 100 cm³/mol. The average Bonchev–Trinajstić information content (AvgIpc) is 3.06. The number of anilines is 1. The third-order valence-electron chi connectivity index (χ3n) is 4.21. The standard InChI is InChI=1S/C19H23N5O2/c1-12(2)16-9-22-17(10-21-16)18(25)23-14-6-3-13(4-7-14)5-8-15-11-26-19(20)24-15/h3-4,6-7,9-10,12,15H,5,8,11H2,1-2H3,(H2,20,24)(H,23,25). The number of aromatic nitrogens is 2. The summed E-state index contributed by atoms with van der Waals surface area (Å²) in [4.78, 5) is 24.9. The maximum absolute atomic E-state index is 12.3. The number of carbonyl (C=O) groups is 1. The Morgan fingerprint density at radius 3 is 2.62 bits per heavy atom. The number of aliphatic imine (C=N–C) groups is 1. The first kappa shape index (κ1) is 17.8. The van der Waals surface area contributed by atoms with Crippen LogP contribution in [0.2, 0.25) is 0 Å². The Morgan fingerprint density at radius 1 is 1.27 bits per heavy atom. The van der Waals surface area contributed by atoms with Crippen LogP contribution in [0.15, 0.2) is 41.7 Å². The zero-order valence-corrected chi connectivity index (χ0v) is 15.0. The Balaban J connectivity index is 1.54. The monoisotopic (exact) mass is 353 g/mol. The van der Waals surface area contributed by atoms with E-state index in [4.69, 9.17) is 10.5 Å². The van der Waals surface area contributed by atoms with Gasteiger partial charge in [-0.15, -0.1) is 0 Å². The summed E-state index contributed by atoms with van der Waals surface area (Å²) in [6.45, 7) is 4.62. The molecule has 2 heterocycles. The van der Waals surface area contributed by atoms with Gasteiger partial charge in [0, 0.05) is 11.9 Å². The van der Waals surface area contributed by atoms with Gasteiger partial charge in [0.2, 0.25) is 0 Å². The van der Waals surface area contributed by atoms with Gasteiger partial charge in [0.05, 0.1) is 17.9 Å². The number of hydrogen-bond acceptors (Lipinski definition) is 6. The molecule has 1 aliphatic rings. The van der Waals surface area contributed by atoms with Crippen molar-refractivity contribution in [1.82, 2.24) is 9.97 Å². The van der Waals surface area contributed by atoms with Crippen molar-refractivity contribution < 1.29 is 9.53 Å². The molecule has 0 radical (unpaired) electrons. The van der Waals surface area contributed by atoms with E-state index in [0.717, 1.165) is 24.2 Å². The minimum atomic E-state index is -0.270. The molecule has 1 unspecified atom stereocenters. The molecule has 0 saturated carbocycles. The molecule has 2 aromatic rings. The largest absolute Gasteiger partial charge is 0.463 e. The lowest BCUT2D eigenvalue weighted by Crippen LogP contribution is -2.14. The smallest absolute Gasteiger partial charge is 0.282 e. The minimum absolute atomic E-state index is 0.127. The lowest BCUT2D eigenvalue weighted by Gasteiger charge is -2.08. The number of nitrogens with zero attached hydrogens (tertiary/aromatic N) is 3. The molecule has 7 nitrogen and oxygen atoms in total. The summed E-state index contributed by atoms with van der Waals surface area (Å²) in [6, 6.07) is 8.15. The average molecular weight is 353 g/mol. The van der Waals surface area contributed by atoms with Gasteiger partial charge in [-0.05, 0) is 36.5 Å². The lowest BCUT2D eigenvalue weighted by atomic mass is 10.1. The Kier molecular flexibility index (Phi) is 5.46. The number of amidine groups is 1.